The number of nitrogen functional groups attached to an aromatic ring is 5. The fourth-order valence-electron chi connectivity index (χ4n) is 11.0. The van der Waals surface area contributed by atoms with Crippen LogP contribution >= 0.6 is 31.9 Å². The second kappa shape index (κ2) is 46.6. The van der Waals surface area contributed by atoms with E-state index in [1.165, 1.54) is 6.20 Å². The molecule has 1 aromatic carbocycles. The van der Waals surface area contributed by atoms with Crippen molar-refractivity contribution in [3.8, 4) is 57.5 Å². The summed E-state index contributed by atoms with van der Waals surface area (Å²) in [5.41, 5.74) is 43.6. The number of nitrogens with two attached hydrogens (primary N) is 6. The van der Waals surface area contributed by atoms with Gasteiger partial charge in [-0.05, 0) is 134 Å². The highest BCUT2D eigenvalue weighted by Gasteiger charge is 2.22. The molecule has 0 amide bonds. The Hall–Kier alpha value is -11.8. The van der Waals surface area contributed by atoms with E-state index in [9.17, 15) is 9.90 Å². The molecule has 16 N–H and O–H groups in total. The third-order valence-electron chi connectivity index (χ3n) is 18.0. The first kappa shape index (κ1) is 95.4. The average molecular weight is 1770 g/mol. The maximum atomic E-state index is 12.7. The van der Waals surface area contributed by atoms with Crippen LogP contribution in [0.3, 0.4) is 0 Å². The van der Waals surface area contributed by atoms with Gasteiger partial charge >= 0.3 is 0 Å². The highest BCUT2D eigenvalue weighted by atomic mass is 79.9. The quantitative estimate of drug-likeness (QED) is 0.0142. The van der Waals surface area contributed by atoms with E-state index >= 15 is 0 Å². The molecule has 0 bridgehead atoms. The summed E-state index contributed by atoms with van der Waals surface area (Å²) in [6, 6.07) is 16.6. The fourth-order valence-corrected chi connectivity index (χ4v) is 11.6. The minimum atomic E-state index is -0.143. The van der Waals surface area contributed by atoms with Gasteiger partial charge in [0, 0.05) is 141 Å². The predicted octanol–water partition coefficient (Wildman–Crippen LogP) is 15.5. The predicted molar refractivity (Wildman–Crippen MR) is 480 cm³/mol. The number of hydrogen-bond acceptors (Lipinski definition) is 33. The van der Waals surface area contributed by atoms with E-state index in [-0.39, 0.29) is 66.2 Å². The molecule has 10 heterocycles. The number of rotatable bonds is 31. The Morgan fingerprint density at radius 2 is 0.833 bits per heavy atom. The standard InChI is InChI=1S/C23H27N5O2.C17H25BrN6O.C16H22BrN5O2.C15H21N5O.C14H19N5O/c1-14(2)19-12-26-17(10-20(29)16-6-8-18(9-7-16)28(4)5)11-21(19)30-22-13-25-15(3)27-23(22)24;1-5-24(4)7-6-20-16-14(10-22-17(19)23-16)25-13-8-15(18)21-9-12(13)11(2)3;1-4-10(8-23)21-15-13(7-20-16(18)22-15)24-12-5-14(17)19-6-11(12)9(2)3;1-9(2)12-7-19-11(6-17-4)5-13(12)21-14-8-18-10(3)20-15(14)16;1-8(2)11-6-18-10(5-15)4-12(11)20-13-7-17-9(3)19-14(13)16/h6-9,11-14H,10H2,1-5H3,(H2,24,25,27);8-11H,5-7H2,1-4H3,(H3,19,20,22,23);5-7,9-10,23H,4,8H2,1-3H3,(H3,18,20,21,22);5,7-9,17H,6H2,1-4H3,(H2,16,18,20);4,6-8H,5,15H2,1-3H3,(H2,16,17,19). The van der Waals surface area contributed by atoms with Crippen molar-refractivity contribution >= 4 is 84.3 Å². The first-order valence-corrected chi connectivity index (χ1v) is 40.8. The summed E-state index contributed by atoms with van der Waals surface area (Å²) in [5.74, 6) is 11.0. The van der Waals surface area contributed by atoms with E-state index in [1.807, 2.05) is 87.8 Å². The fraction of sp³-hybridized carbons (Fsp3) is 0.388. The van der Waals surface area contributed by atoms with Gasteiger partial charge in [0.1, 0.15) is 55.4 Å². The normalized spacial score (nSPS) is 11.2. The smallest absolute Gasteiger partial charge is 0.222 e. The zero-order valence-electron chi connectivity index (χ0n) is 71.8. The van der Waals surface area contributed by atoms with E-state index < -0.39 is 0 Å². The Balaban J connectivity index is 0.000000208. The number of aliphatic hydroxyl groups is 1. The number of carbonyl (C=O) groups excluding carboxylic acids is 1. The number of ketones is 1. The Morgan fingerprint density at radius 3 is 1.22 bits per heavy atom. The lowest BCUT2D eigenvalue weighted by Gasteiger charge is -2.19. The zero-order chi connectivity index (χ0) is 88.0. The van der Waals surface area contributed by atoms with Gasteiger partial charge in [-0.3, -0.25) is 19.7 Å². The number of benzene rings is 1. The molecule has 35 heteroatoms. The van der Waals surface area contributed by atoms with E-state index in [0.717, 1.165) is 82.4 Å². The highest BCUT2D eigenvalue weighted by molar-refractivity contribution is 9.10. The van der Waals surface area contributed by atoms with Crippen molar-refractivity contribution in [2.75, 3.05) is 98.6 Å². The number of nitrogens with one attached hydrogen (secondary N) is 3. The number of nitrogens with zero attached hydrogens (tertiary/aromatic N) is 17. The molecule has 33 nitrogen and oxygen atoms in total. The molecular formula is C85H114Br2N26O7. The molecule has 0 radical (unpaired) electrons. The molecule has 640 valence electrons. The van der Waals surface area contributed by atoms with Gasteiger partial charge in [-0.1, -0.05) is 83.1 Å². The number of hydrogen-bond donors (Lipinski definition) is 10. The summed E-state index contributed by atoms with van der Waals surface area (Å²) in [6.45, 7) is 33.8. The third kappa shape index (κ3) is 29.1. The maximum Gasteiger partial charge on any atom is 0.222 e. The van der Waals surface area contributed by atoms with E-state index in [1.54, 1.807) is 76.3 Å². The first-order chi connectivity index (χ1) is 57.1. The molecule has 0 saturated heterocycles. The number of likely N-dealkylation sites (N-methyl/N-ethyl adjacent to an activating group) is 1. The molecule has 1 atom stereocenters. The van der Waals surface area contributed by atoms with Crippen molar-refractivity contribution in [3.63, 3.8) is 0 Å². The maximum absolute atomic E-state index is 12.7. The summed E-state index contributed by atoms with van der Waals surface area (Å²) in [7, 11) is 7.87. The van der Waals surface area contributed by atoms with Crippen molar-refractivity contribution in [2.24, 2.45) is 5.73 Å². The molecular weight excluding hydrogens is 1660 g/mol. The SMILES string of the molecule is CCC(CO)Nc1nc(N)ncc1Oc1cc(Br)ncc1C(C)C.CCN(C)CCNc1nc(N)ncc1Oc1cc(Br)ncc1C(C)C.CNCc1cc(Oc2cnc(C)nc2N)c(C(C)C)cn1.Cc1ncc(Oc2cc(CC(=O)c3ccc(N(C)C)cc3)ncc2C(C)C)c(N)n1.Cc1ncc(Oc2cc(CN)ncc2C(C)C)c(N)n1. The van der Waals surface area contributed by atoms with Crippen LogP contribution in [0.5, 0.6) is 57.5 Å². The zero-order valence-corrected chi connectivity index (χ0v) is 75.0. The summed E-state index contributed by atoms with van der Waals surface area (Å²) in [4.78, 5) is 79.9. The number of Topliss-reactive ketones (excluding diaryl/α,β-unsaturated/α-hetero) is 1. The number of aromatic nitrogens is 15. The monoisotopic (exact) mass is 1770 g/mol. The Labute approximate surface area is 719 Å². The van der Waals surface area contributed by atoms with E-state index in [4.69, 9.17) is 58.1 Å². The molecule has 0 aliphatic heterocycles. The molecule has 11 aromatic rings. The highest BCUT2D eigenvalue weighted by Crippen LogP contribution is 2.40. The van der Waals surface area contributed by atoms with Gasteiger partial charge in [0.05, 0.1) is 67.1 Å². The Morgan fingerprint density at radius 1 is 0.467 bits per heavy atom. The second-order valence-electron chi connectivity index (χ2n) is 29.4. The van der Waals surface area contributed by atoms with Crippen molar-refractivity contribution < 1.29 is 33.6 Å². The third-order valence-corrected chi connectivity index (χ3v) is 18.9. The van der Waals surface area contributed by atoms with Crippen molar-refractivity contribution in [3.05, 3.63) is 194 Å². The number of pyridine rings is 5. The minimum absolute atomic E-state index is 0.00534. The summed E-state index contributed by atoms with van der Waals surface area (Å²) in [5, 5.41) is 18.9. The Bertz CT molecular complexity index is 5140. The number of aliphatic hydroxyl groups excluding tert-OH is 1. The largest absolute Gasteiger partial charge is 0.451 e. The molecule has 0 spiro atoms. The van der Waals surface area contributed by atoms with Crippen LogP contribution in [-0.4, -0.2) is 151 Å². The molecule has 1 unspecified atom stereocenters. The number of halogens is 2. The lowest BCUT2D eigenvalue weighted by Crippen LogP contribution is -2.25. The van der Waals surface area contributed by atoms with Crippen LogP contribution < -0.4 is 78.9 Å². The molecule has 11 rings (SSSR count). The minimum Gasteiger partial charge on any atom is -0.451 e. The van der Waals surface area contributed by atoms with Gasteiger partial charge in [-0.25, -0.2) is 49.8 Å². The van der Waals surface area contributed by atoms with Crippen molar-refractivity contribution in [1.82, 2.24) is 85.0 Å². The van der Waals surface area contributed by atoms with Gasteiger partial charge in [-0.2, -0.15) is 9.97 Å². The topological polar surface area (TPSA) is 475 Å². The lowest BCUT2D eigenvalue weighted by molar-refractivity contribution is 0.0991. The van der Waals surface area contributed by atoms with Gasteiger partial charge in [-0.15, -0.1) is 0 Å². The van der Waals surface area contributed by atoms with Crippen molar-refractivity contribution in [1.29, 1.82) is 0 Å². The van der Waals surface area contributed by atoms with Gasteiger partial charge in [0.25, 0.3) is 0 Å². The van der Waals surface area contributed by atoms with Gasteiger partial charge in [0.15, 0.2) is 63.6 Å². The van der Waals surface area contributed by atoms with E-state index in [0.29, 0.717) is 126 Å². The summed E-state index contributed by atoms with van der Waals surface area (Å²) >= 11 is 6.75. The molecule has 120 heavy (non-hydrogen) atoms. The summed E-state index contributed by atoms with van der Waals surface area (Å²) in [6.07, 6.45) is 17.7. The van der Waals surface area contributed by atoms with Crippen LogP contribution in [-0.2, 0) is 19.5 Å². The molecule has 0 aliphatic carbocycles. The first-order valence-electron chi connectivity index (χ1n) is 39.2. The van der Waals surface area contributed by atoms with Crippen LogP contribution in [0.25, 0.3) is 0 Å². The number of aryl methyl sites for hydroxylation is 3. The summed E-state index contributed by atoms with van der Waals surface area (Å²) < 4.78 is 31.3. The van der Waals surface area contributed by atoms with Gasteiger partial charge in [0.2, 0.25) is 11.9 Å². The van der Waals surface area contributed by atoms with Crippen molar-refractivity contribution in [2.45, 2.75) is 165 Å². The van der Waals surface area contributed by atoms with Crippen LogP contribution in [0.4, 0.5) is 46.7 Å². The number of ether oxygens (including phenoxy) is 5. The number of carbonyl (C=O) groups is 1. The van der Waals surface area contributed by atoms with Crippen LogP contribution in [0.2, 0.25) is 0 Å². The Kier molecular flexibility index (Phi) is 37.0. The van der Waals surface area contributed by atoms with Crippen LogP contribution in [0.1, 0.15) is 192 Å². The molecule has 10 aromatic heterocycles. The molecule has 0 saturated carbocycles. The molecule has 0 fully saturated rings. The average Bonchev–Trinajstić information content (AvgIpc) is 0.821. The second-order valence-corrected chi connectivity index (χ2v) is 31.1. The lowest BCUT2D eigenvalue weighted by atomic mass is 10.0. The molecule has 0 aliphatic rings. The number of anilines is 8. The van der Waals surface area contributed by atoms with Gasteiger partial charge < -0.3 is 88.9 Å². The van der Waals surface area contributed by atoms with E-state index in [2.05, 4.69) is 211 Å². The van der Waals surface area contributed by atoms with Crippen LogP contribution in [0, 0.1) is 20.8 Å². The van der Waals surface area contributed by atoms with Crippen LogP contribution in [0.15, 0.2) is 126 Å².